The van der Waals surface area contributed by atoms with E-state index in [4.69, 9.17) is 17.4 Å². The van der Waals surface area contributed by atoms with Gasteiger partial charge in [-0.15, -0.1) is 0 Å². The lowest BCUT2D eigenvalue weighted by Crippen LogP contribution is -2.29. The molecule has 3 aromatic carbocycles. The minimum absolute atomic E-state index is 0.0913. The van der Waals surface area contributed by atoms with Crippen molar-refractivity contribution in [1.82, 2.24) is 5.43 Å². The normalized spacial score (nSPS) is 12.5. The standard InChI is InChI=1S/C17H14ClFN2/c18-16-14(6-3-7-15(16)19)17(21-20)13-9-8-11-4-1-2-5-12(11)10-13/h1-10,17,21H,20H2. The highest BCUT2D eigenvalue weighted by atomic mass is 35.5. The number of halogens is 2. The molecular weight excluding hydrogens is 287 g/mol. The molecule has 3 rings (SSSR count). The Labute approximate surface area is 127 Å². The van der Waals surface area contributed by atoms with Crippen LogP contribution in [0.4, 0.5) is 4.39 Å². The zero-order chi connectivity index (χ0) is 14.8. The molecule has 0 heterocycles. The van der Waals surface area contributed by atoms with Gasteiger partial charge in [0.05, 0.1) is 11.1 Å². The van der Waals surface area contributed by atoms with Crippen LogP contribution in [-0.2, 0) is 0 Å². The van der Waals surface area contributed by atoms with Crippen LogP contribution in [0.2, 0.25) is 5.02 Å². The van der Waals surface area contributed by atoms with E-state index >= 15 is 0 Å². The van der Waals surface area contributed by atoms with Gasteiger partial charge in [-0.2, -0.15) is 0 Å². The highest BCUT2D eigenvalue weighted by molar-refractivity contribution is 6.31. The summed E-state index contributed by atoms with van der Waals surface area (Å²) in [5.74, 6) is 5.22. The van der Waals surface area contributed by atoms with Crippen molar-refractivity contribution in [2.24, 2.45) is 5.84 Å². The summed E-state index contributed by atoms with van der Waals surface area (Å²) in [5.41, 5.74) is 4.27. The average molecular weight is 301 g/mol. The molecule has 0 saturated carbocycles. The fraction of sp³-hybridized carbons (Fsp3) is 0.0588. The summed E-state index contributed by atoms with van der Waals surface area (Å²) in [6.07, 6.45) is 0. The minimum atomic E-state index is -0.449. The Morgan fingerprint density at radius 3 is 2.48 bits per heavy atom. The van der Waals surface area contributed by atoms with Gasteiger partial charge in [0.25, 0.3) is 0 Å². The molecule has 0 aliphatic rings. The molecule has 0 radical (unpaired) electrons. The van der Waals surface area contributed by atoms with Gasteiger partial charge in [0.1, 0.15) is 5.82 Å². The largest absolute Gasteiger partial charge is 0.271 e. The number of hydrazine groups is 1. The Morgan fingerprint density at radius 2 is 1.71 bits per heavy atom. The van der Waals surface area contributed by atoms with Crippen LogP contribution in [0, 0.1) is 5.82 Å². The Bertz CT molecular complexity index is 789. The molecule has 0 aliphatic carbocycles. The van der Waals surface area contributed by atoms with E-state index < -0.39 is 5.82 Å². The summed E-state index contributed by atoms with van der Waals surface area (Å²) in [6.45, 7) is 0. The summed E-state index contributed by atoms with van der Waals surface area (Å²) in [5, 5.41) is 2.33. The lowest BCUT2D eigenvalue weighted by Gasteiger charge is -2.19. The molecule has 2 nitrogen and oxygen atoms in total. The first-order valence-corrected chi connectivity index (χ1v) is 6.97. The van der Waals surface area contributed by atoms with Gasteiger partial charge in [-0.1, -0.05) is 60.1 Å². The average Bonchev–Trinajstić information content (AvgIpc) is 2.52. The van der Waals surface area contributed by atoms with Crippen LogP contribution in [0.3, 0.4) is 0 Å². The zero-order valence-electron chi connectivity index (χ0n) is 11.2. The number of hydrogen-bond donors (Lipinski definition) is 2. The Morgan fingerprint density at radius 1 is 0.952 bits per heavy atom. The fourth-order valence-corrected chi connectivity index (χ4v) is 2.73. The smallest absolute Gasteiger partial charge is 0.142 e. The molecule has 0 bridgehead atoms. The van der Waals surface area contributed by atoms with Crippen LogP contribution in [0.15, 0.2) is 60.7 Å². The van der Waals surface area contributed by atoms with Gasteiger partial charge in [-0.3, -0.25) is 5.84 Å². The Kier molecular flexibility index (Phi) is 3.88. The first-order chi connectivity index (χ1) is 10.2. The Hall–Kier alpha value is -1.94. The van der Waals surface area contributed by atoms with Gasteiger partial charge in [-0.05, 0) is 34.0 Å². The maximum Gasteiger partial charge on any atom is 0.142 e. The second-order valence-corrected chi connectivity index (χ2v) is 5.23. The fourth-order valence-electron chi connectivity index (χ4n) is 2.50. The predicted molar refractivity (Wildman–Crippen MR) is 84.5 cm³/mol. The van der Waals surface area contributed by atoms with E-state index in [0.29, 0.717) is 5.56 Å². The molecule has 3 N–H and O–H groups in total. The number of hydrogen-bond acceptors (Lipinski definition) is 2. The molecule has 4 heteroatoms. The van der Waals surface area contributed by atoms with Crippen molar-refractivity contribution in [1.29, 1.82) is 0 Å². The van der Waals surface area contributed by atoms with Crippen LogP contribution in [0.1, 0.15) is 17.2 Å². The third-order valence-electron chi connectivity index (χ3n) is 3.57. The quantitative estimate of drug-likeness (QED) is 0.562. The highest BCUT2D eigenvalue weighted by Gasteiger charge is 2.17. The van der Waals surface area contributed by atoms with Crippen molar-refractivity contribution < 1.29 is 4.39 Å². The topological polar surface area (TPSA) is 38.0 Å². The van der Waals surface area contributed by atoms with E-state index in [1.807, 2.05) is 42.5 Å². The number of fused-ring (bicyclic) bond motifs is 1. The highest BCUT2D eigenvalue weighted by Crippen LogP contribution is 2.31. The van der Waals surface area contributed by atoms with Gasteiger partial charge >= 0.3 is 0 Å². The third kappa shape index (κ3) is 2.63. The van der Waals surface area contributed by atoms with Crippen LogP contribution in [0.25, 0.3) is 10.8 Å². The van der Waals surface area contributed by atoms with Crippen molar-refractivity contribution >= 4 is 22.4 Å². The summed E-state index contributed by atoms with van der Waals surface area (Å²) < 4.78 is 13.6. The number of nitrogens with two attached hydrogens (primary N) is 1. The van der Waals surface area contributed by atoms with Crippen LogP contribution >= 0.6 is 11.6 Å². The molecule has 1 unspecified atom stereocenters. The van der Waals surface area contributed by atoms with Gasteiger partial charge in [0, 0.05) is 0 Å². The summed E-state index contributed by atoms with van der Waals surface area (Å²) >= 11 is 6.06. The Balaban J connectivity index is 2.11. The molecule has 0 amide bonds. The molecule has 0 saturated heterocycles. The van der Waals surface area contributed by atoms with Gasteiger partial charge in [-0.25, -0.2) is 9.82 Å². The molecule has 0 spiro atoms. The van der Waals surface area contributed by atoms with Crippen molar-refractivity contribution in [2.75, 3.05) is 0 Å². The molecule has 1 atom stereocenters. The third-order valence-corrected chi connectivity index (χ3v) is 3.96. The number of benzene rings is 3. The van der Waals surface area contributed by atoms with Gasteiger partial charge in [0.2, 0.25) is 0 Å². The van der Waals surface area contributed by atoms with E-state index in [1.165, 1.54) is 6.07 Å². The molecule has 0 aliphatic heterocycles. The van der Waals surface area contributed by atoms with E-state index in [0.717, 1.165) is 16.3 Å². The van der Waals surface area contributed by atoms with E-state index in [2.05, 4.69) is 5.43 Å². The van der Waals surface area contributed by atoms with Crippen molar-refractivity contribution in [3.8, 4) is 0 Å². The van der Waals surface area contributed by atoms with E-state index in [9.17, 15) is 4.39 Å². The van der Waals surface area contributed by atoms with Gasteiger partial charge in [0.15, 0.2) is 0 Å². The SMILES string of the molecule is NNC(c1ccc2ccccc2c1)c1cccc(F)c1Cl. The summed E-state index contributed by atoms with van der Waals surface area (Å²) in [4.78, 5) is 0. The summed E-state index contributed by atoms with van der Waals surface area (Å²) in [7, 11) is 0. The minimum Gasteiger partial charge on any atom is -0.271 e. The lowest BCUT2D eigenvalue weighted by molar-refractivity contribution is 0.606. The van der Waals surface area contributed by atoms with Crippen molar-refractivity contribution in [3.05, 3.63) is 82.6 Å². The van der Waals surface area contributed by atoms with E-state index in [1.54, 1.807) is 12.1 Å². The van der Waals surface area contributed by atoms with E-state index in [-0.39, 0.29) is 11.1 Å². The number of nitrogens with one attached hydrogen (secondary N) is 1. The van der Waals surface area contributed by atoms with Crippen molar-refractivity contribution in [3.63, 3.8) is 0 Å². The maximum atomic E-state index is 13.6. The zero-order valence-corrected chi connectivity index (χ0v) is 11.9. The molecule has 3 aromatic rings. The number of rotatable bonds is 3. The molecule has 106 valence electrons. The second kappa shape index (κ2) is 5.82. The monoisotopic (exact) mass is 300 g/mol. The summed E-state index contributed by atoms with van der Waals surface area (Å²) in [6, 6.07) is 18.4. The lowest BCUT2D eigenvalue weighted by atomic mass is 9.96. The first kappa shape index (κ1) is 14.0. The van der Waals surface area contributed by atoms with Gasteiger partial charge < -0.3 is 0 Å². The predicted octanol–water partition coefficient (Wildman–Crippen LogP) is 4.19. The van der Waals surface area contributed by atoms with Crippen LogP contribution < -0.4 is 11.3 Å². The first-order valence-electron chi connectivity index (χ1n) is 6.59. The molecule has 21 heavy (non-hydrogen) atoms. The molecular formula is C17H14ClFN2. The second-order valence-electron chi connectivity index (χ2n) is 4.85. The van der Waals surface area contributed by atoms with Crippen LogP contribution in [-0.4, -0.2) is 0 Å². The van der Waals surface area contributed by atoms with Crippen LogP contribution in [0.5, 0.6) is 0 Å². The van der Waals surface area contributed by atoms with Crippen molar-refractivity contribution in [2.45, 2.75) is 6.04 Å². The maximum absolute atomic E-state index is 13.6. The molecule has 0 fully saturated rings. The molecule has 0 aromatic heterocycles.